The molecule has 1 aliphatic rings. The smallest absolute Gasteiger partial charge is 0.268 e. The lowest BCUT2D eigenvalue weighted by atomic mass is 10.1. The molecule has 1 N–H and O–H groups in total. The summed E-state index contributed by atoms with van der Waals surface area (Å²) in [4.78, 5) is 24.3. The van der Waals surface area contributed by atoms with E-state index in [2.05, 4.69) is 5.32 Å². The predicted octanol–water partition coefficient (Wildman–Crippen LogP) is 1.28. The van der Waals surface area contributed by atoms with Gasteiger partial charge in [-0.3, -0.25) is 9.59 Å². The number of sulfonamides is 1. The van der Waals surface area contributed by atoms with Gasteiger partial charge < -0.3 is 5.32 Å². The Morgan fingerprint density at radius 1 is 1.36 bits per heavy atom. The number of amides is 2. The molecule has 120 valence electrons. The lowest BCUT2D eigenvalue weighted by Gasteiger charge is -2.28. The third kappa shape index (κ3) is 3.47. The molecule has 7 heteroatoms. The van der Waals surface area contributed by atoms with Crippen LogP contribution in [0.4, 0.5) is 0 Å². The van der Waals surface area contributed by atoms with Crippen LogP contribution in [-0.4, -0.2) is 37.1 Å². The van der Waals surface area contributed by atoms with E-state index in [-0.39, 0.29) is 11.8 Å². The van der Waals surface area contributed by atoms with Gasteiger partial charge in [0.15, 0.2) is 0 Å². The first kappa shape index (κ1) is 16.5. The van der Waals surface area contributed by atoms with Gasteiger partial charge in [-0.1, -0.05) is 31.5 Å². The minimum Gasteiger partial charge on any atom is -0.352 e. The average molecular weight is 324 g/mol. The van der Waals surface area contributed by atoms with Crippen LogP contribution in [0.3, 0.4) is 0 Å². The van der Waals surface area contributed by atoms with Crippen LogP contribution in [0.5, 0.6) is 0 Å². The van der Waals surface area contributed by atoms with Crippen molar-refractivity contribution >= 4 is 21.8 Å². The monoisotopic (exact) mass is 324 g/mol. The molecule has 1 atom stereocenters. The van der Waals surface area contributed by atoms with Gasteiger partial charge in [0.25, 0.3) is 5.91 Å². The molecule has 0 saturated carbocycles. The largest absolute Gasteiger partial charge is 0.352 e. The van der Waals surface area contributed by atoms with E-state index in [9.17, 15) is 18.0 Å². The van der Waals surface area contributed by atoms with E-state index < -0.39 is 28.4 Å². The second kappa shape index (κ2) is 6.48. The molecule has 1 aromatic carbocycles. The summed E-state index contributed by atoms with van der Waals surface area (Å²) in [5.41, 5.74) is 0.815. The van der Waals surface area contributed by atoms with Gasteiger partial charge in [0, 0.05) is 11.6 Å². The Balaban J connectivity index is 2.17. The van der Waals surface area contributed by atoms with Gasteiger partial charge in [0.1, 0.15) is 6.54 Å². The highest BCUT2D eigenvalue weighted by molar-refractivity contribution is 7.89. The number of hydrogen-bond donors (Lipinski definition) is 1. The molecule has 0 fully saturated rings. The first-order chi connectivity index (χ1) is 10.3. The minimum atomic E-state index is -3.81. The molecule has 1 aliphatic heterocycles. The maximum absolute atomic E-state index is 12.3. The lowest BCUT2D eigenvalue weighted by Crippen LogP contribution is -2.48. The van der Waals surface area contributed by atoms with Gasteiger partial charge >= 0.3 is 0 Å². The van der Waals surface area contributed by atoms with Crippen molar-refractivity contribution in [2.24, 2.45) is 0 Å². The summed E-state index contributed by atoms with van der Waals surface area (Å²) in [5.74, 6) is -1.36. The van der Waals surface area contributed by atoms with Crippen molar-refractivity contribution in [3.05, 3.63) is 35.4 Å². The van der Waals surface area contributed by atoms with Crippen molar-refractivity contribution in [1.82, 2.24) is 9.62 Å². The predicted molar refractivity (Wildman–Crippen MR) is 82.6 cm³/mol. The lowest BCUT2D eigenvalue weighted by molar-refractivity contribution is -0.121. The number of benzene rings is 1. The van der Waals surface area contributed by atoms with Crippen LogP contribution in [0.15, 0.2) is 24.3 Å². The molecule has 1 aromatic rings. The maximum Gasteiger partial charge on any atom is 0.268 e. The van der Waals surface area contributed by atoms with E-state index in [4.69, 9.17) is 0 Å². The SMILES string of the molecule is CCCC(C)NC(=O)CN1C(=O)c2ccccc2CS1(=O)=O. The summed E-state index contributed by atoms with van der Waals surface area (Å²) in [6, 6.07) is 6.52. The molecular formula is C15H20N2O4S. The number of nitrogens with zero attached hydrogens (tertiary/aromatic N) is 1. The van der Waals surface area contributed by atoms with Crippen LogP contribution >= 0.6 is 0 Å². The first-order valence-electron chi connectivity index (χ1n) is 7.27. The molecule has 22 heavy (non-hydrogen) atoms. The number of hydrogen-bond acceptors (Lipinski definition) is 4. The van der Waals surface area contributed by atoms with Gasteiger partial charge in [-0.25, -0.2) is 12.7 Å². The highest BCUT2D eigenvalue weighted by atomic mass is 32.2. The van der Waals surface area contributed by atoms with Crippen LogP contribution in [0.2, 0.25) is 0 Å². The number of fused-ring (bicyclic) bond motifs is 1. The third-order valence-electron chi connectivity index (χ3n) is 3.56. The maximum atomic E-state index is 12.3. The Kier molecular flexibility index (Phi) is 4.85. The molecule has 0 spiro atoms. The van der Waals surface area contributed by atoms with Gasteiger partial charge in [-0.05, 0) is 25.0 Å². The summed E-state index contributed by atoms with van der Waals surface area (Å²) in [6.07, 6.45) is 1.71. The zero-order chi connectivity index (χ0) is 16.3. The number of carbonyl (C=O) groups is 2. The van der Waals surface area contributed by atoms with Crippen LogP contribution in [0.25, 0.3) is 0 Å². The minimum absolute atomic E-state index is 0.0487. The van der Waals surface area contributed by atoms with Crippen LogP contribution in [0, 0.1) is 0 Å². The van der Waals surface area contributed by atoms with E-state index in [0.29, 0.717) is 15.4 Å². The Labute approximate surface area is 130 Å². The second-order valence-electron chi connectivity index (χ2n) is 5.48. The highest BCUT2D eigenvalue weighted by Crippen LogP contribution is 2.24. The quantitative estimate of drug-likeness (QED) is 0.884. The third-order valence-corrected chi connectivity index (χ3v) is 5.21. The highest BCUT2D eigenvalue weighted by Gasteiger charge is 2.36. The fourth-order valence-corrected chi connectivity index (χ4v) is 3.98. The normalized spacial score (nSPS) is 17.7. The van der Waals surface area contributed by atoms with Crippen molar-refractivity contribution < 1.29 is 18.0 Å². The Bertz CT molecular complexity index is 685. The molecule has 1 unspecified atom stereocenters. The Hall–Kier alpha value is -1.89. The number of carbonyl (C=O) groups excluding carboxylic acids is 2. The molecular weight excluding hydrogens is 304 g/mol. The molecule has 0 radical (unpaired) electrons. The van der Waals surface area contributed by atoms with E-state index in [0.717, 1.165) is 12.8 Å². The molecule has 0 saturated heterocycles. The van der Waals surface area contributed by atoms with Crippen molar-refractivity contribution in [2.75, 3.05) is 6.54 Å². The van der Waals surface area contributed by atoms with Gasteiger partial charge in [-0.15, -0.1) is 0 Å². The van der Waals surface area contributed by atoms with Crippen molar-refractivity contribution in [2.45, 2.75) is 38.5 Å². The molecule has 1 heterocycles. The average Bonchev–Trinajstić information content (AvgIpc) is 2.43. The number of nitrogens with one attached hydrogen (secondary N) is 1. The van der Waals surface area contributed by atoms with Crippen molar-refractivity contribution in [1.29, 1.82) is 0 Å². The molecule has 2 amide bonds. The summed E-state index contributed by atoms with van der Waals surface area (Å²) in [5, 5.41) is 2.71. The van der Waals surface area contributed by atoms with E-state index in [1.807, 2.05) is 13.8 Å². The van der Waals surface area contributed by atoms with Gasteiger partial charge in [0.2, 0.25) is 15.9 Å². The second-order valence-corrected chi connectivity index (χ2v) is 7.38. The zero-order valence-corrected chi connectivity index (χ0v) is 13.5. The Morgan fingerprint density at radius 3 is 2.73 bits per heavy atom. The molecule has 0 aliphatic carbocycles. The summed E-state index contributed by atoms with van der Waals surface area (Å²) in [7, 11) is -3.81. The van der Waals surface area contributed by atoms with Crippen LogP contribution in [0.1, 0.15) is 42.6 Å². The fraction of sp³-hybridized carbons (Fsp3) is 0.467. The zero-order valence-electron chi connectivity index (χ0n) is 12.7. The van der Waals surface area contributed by atoms with Gasteiger partial charge in [0.05, 0.1) is 5.75 Å². The molecule has 0 bridgehead atoms. The van der Waals surface area contributed by atoms with E-state index in [1.54, 1.807) is 24.3 Å². The molecule has 6 nitrogen and oxygen atoms in total. The van der Waals surface area contributed by atoms with Crippen LogP contribution < -0.4 is 5.32 Å². The van der Waals surface area contributed by atoms with Gasteiger partial charge in [-0.2, -0.15) is 0 Å². The standard InChI is InChI=1S/C15H20N2O4S/c1-3-6-11(2)16-14(18)9-17-15(19)13-8-5-4-7-12(13)10-22(17,20)21/h4-5,7-8,11H,3,6,9-10H2,1-2H3,(H,16,18). The first-order valence-corrected chi connectivity index (χ1v) is 8.88. The number of rotatable bonds is 5. The Morgan fingerprint density at radius 2 is 2.05 bits per heavy atom. The summed E-state index contributed by atoms with van der Waals surface area (Å²) >= 11 is 0. The summed E-state index contributed by atoms with van der Waals surface area (Å²) < 4.78 is 25.1. The molecule has 2 rings (SSSR count). The van der Waals surface area contributed by atoms with Crippen LogP contribution in [-0.2, 0) is 20.6 Å². The summed E-state index contributed by atoms with van der Waals surface area (Å²) in [6.45, 7) is 3.38. The molecule has 0 aromatic heterocycles. The van der Waals surface area contributed by atoms with E-state index in [1.165, 1.54) is 0 Å². The van der Waals surface area contributed by atoms with Crippen molar-refractivity contribution in [3.63, 3.8) is 0 Å². The van der Waals surface area contributed by atoms with E-state index >= 15 is 0 Å². The van der Waals surface area contributed by atoms with Crippen molar-refractivity contribution in [3.8, 4) is 0 Å². The topological polar surface area (TPSA) is 83.6 Å². The fourth-order valence-electron chi connectivity index (χ4n) is 2.52.